The van der Waals surface area contributed by atoms with Gasteiger partial charge in [-0.3, -0.25) is 0 Å². The molecule has 27 heavy (non-hydrogen) atoms. The number of aromatic amines is 1. The standard InChI is InChI=1S/C16H7F5N4OS/c17-10-7(11(18)13(20)14(21)12(10)19)4-27-16-25-24-15(26-16)6-1-2-8-9(3-6)23-5-22-8/h1-3,5H,4H2,(H,22,23). The zero-order valence-corrected chi connectivity index (χ0v) is 13.9. The van der Waals surface area contributed by atoms with Crippen LogP contribution in [-0.4, -0.2) is 20.2 Å². The number of nitrogens with one attached hydrogen (secondary N) is 1. The highest BCUT2D eigenvalue weighted by Crippen LogP contribution is 2.30. The van der Waals surface area contributed by atoms with E-state index in [0.717, 1.165) is 11.0 Å². The monoisotopic (exact) mass is 398 g/mol. The van der Waals surface area contributed by atoms with Crippen LogP contribution in [0.1, 0.15) is 5.56 Å². The molecular weight excluding hydrogens is 391 g/mol. The van der Waals surface area contributed by atoms with E-state index in [9.17, 15) is 22.0 Å². The molecule has 0 bridgehead atoms. The van der Waals surface area contributed by atoms with Gasteiger partial charge >= 0.3 is 0 Å². The van der Waals surface area contributed by atoms with Gasteiger partial charge in [-0.15, -0.1) is 10.2 Å². The van der Waals surface area contributed by atoms with Crippen LogP contribution in [0.15, 0.2) is 34.2 Å². The number of aromatic nitrogens is 4. The van der Waals surface area contributed by atoms with Crippen molar-refractivity contribution in [1.29, 1.82) is 0 Å². The van der Waals surface area contributed by atoms with Crippen molar-refractivity contribution in [2.75, 3.05) is 0 Å². The number of hydrogen-bond donors (Lipinski definition) is 1. The molecule has 0 amide bonds. The largest absolute Gasteiger partial charge is 0.411 e. The van der Waals surface area contributed by atoms with E-state index < -0.39 is 40.4 Å². The van der Waals surface area contributed by atoms with Crippen molar-refractivity contribution in [2.24, 2.45) is 0 Å². The molecule has 11 heteroatoms. The van der Waals surface area contributed by atoms with Gasteiger partial charge in [-0.2, -0.15) is 0 Å². The maximum Gasteiger partial charge on any atom is 0.277 e. The number of benzene rings is 2. The normalized spacial score (nSPS) is 11.4. The summed E-state index contributed by atoms with van der Waals surface area (Å²) in [6.45, 7) is 0. The molecule has 5 nitrogen and oxygen atoms in total. The Bertz CT molecular complexity index is 1130. The molecule has 0 unspecified atom stereocenters. The number of hydrogen-bond acceptors (Lipinski definition) is 5. The van der Waals surface area contributed by atoms with Crippen molar-refractivity contribution in [1.82, 2.24) is 20.2 Å². The molecule has 2 aromatic heterocycles. The van der Waals surface area contributed by atoms with Crippen LogP contribution in [0.25, 0.3) is 22.5 Å². The highest BCUT2D eigenvalue weighted by molar-refractivity contribution is 7.98. The Hall–Kier alpha value is -2.95. The maximum atomic E-state index is 13.7. The Morgan fingerprint density at radius 3 is 2.37 bits per heavy atom. The van der Waals surface area contributed by atoms with Crippen LogP contribution < -0.4 is 0 Å². The molecule has 0 radical (unpaired) electrons. The second kappa shape index (κ2) is 6.65. The quantitative estimate of drug-likeness (QED) is 0.236. The van der Waals surface area contributed by atoms with Crippen molar-refractivity contribution in [3.63, 3.8) is 0 Å². The molecule has 0 atom stereocenters. The summed E-state index contributed by atoms with van der Waals surface area (Å²) in [5.74, 6) is -10.4. The molecule has 0 saturated heterocycles. The van der Waals surface area contributed by atoms with Gasteiger partial charge in [0, 0.05) is 16.9 Å². The summed E-state index contributed by atoms with van der Waals surface area (Å²) in [4.78, 5) is 6.99. The lowest BCUT2D eigenvalue weighted by Gasteiger charge is -2.06. The SMILES string of the molecule is Fc1c(F)c(F)c(CSc2nnc(-c3ccc4nc[nH]c4c3)o2)c(F)c1F. The summed E-state index contributed by atoms with van der Waals surface area (Å²) in [5, 5.41) is 7.44. The van der Waals surface area contributed by atoms with E-state index in [-0.39, 0.29) is 11.1 Å². The minimum atomic E-state index is -2.20. The predicted octanol–water partition coefficient (Wildman–Crippen LogP) is 4.60. The van der Waals surface area contributed by atoms with E-state index in [1.54, 1.807) is 18.2 Å². The van der Waals surface area contributed by atoms with Crippen molar-refractivity contribution < 1.29 is 26.4 Å². The average Bonchev–Trinajstić information content (AvgIpc) is 3.33. The number of fused-ring (bicyclic) bond motifs is 1. The van der Waals surface area contributed by atoms with Crippen LogP contribution in [-0.2, 0) is 5.75 Å². The maximum absolute atomic E-state index is 13.7. The molecular formula is C16H7F5N4OS. The van der Waals surface area contributed by atoms with E-state index in [1.165, 1.54) is 6.33 Å². The van der Waals surface area contributed by atoms with E-state index in [4.69, 9.17) is 4.42 Å². The topological polar surface area (TPSA) is 67.6 Å². The molecule has 0 fully saturated rings. The minimum Gasteiger partial charge on any atom is -0.411 e. The molecule has 1 N–H and O–H groups in total. The fourth-order valence-electron chi connectivity index (χ4n) is 2.36. The third-order valence-electron chi connectivity index (χ3n) is 3.71. The zero-order valence-electron chi connectivity index (χ0n) is 13.1. The van der Waals surface area contributed by atoms with E-state index in [0.29, 0.717) is 17.3 Å². The highest BCUT2D eigenvalue weighted by atomic mass is 32.2. The lowest BCUT2D eigenvalue weighted by Crippen LogP contribution is -2.06. The summed E-state index contributed by atoms with van der Waals surface area (Å²) in [6, 6.07) is 5.14. The first-order chi connectivity index (χ1) is 13.0. The average molecular weight is 398 g/mol. The molecule has 4 aromatic rings. The first-order valence-corrected chi connectivity index (χ1v) is 8.34. The van der Waals surface area contributed by atoms with Gasteiger partial charge in [-0.1, -0.05) is 11.8 Å². The second-order valence-electron chi connectivity index (χ2n) is 5.34. The molecule has 2 heterocycles. The van der Waals surface area contributed by atoms with Crippen molar-refractivity contribution in [2.45, 2.75) is 11.0 Å². The third-order valence-corrected chi connectivity index (χ3v) is 4.56. The highest BCUT2D eigenvalue weighted by Gasteiger charge is 2.26. The number of rotatable bonds is 4. The number of imidazole rings is 1. The lowest BCUT2D eigenvalue weighted by atomic mass is 10.2. The smallest absolute Gasteiger partial charge is 0.277 e. The molecule has 0 spiro atoms. The molecule has 0 saturated carbocycles. The predicted molar refractivity (Wildman–Crippen MR) is 85.2 cm³/mol. The Balaban J connectivity index is 1.57. The number of thioether (sulfide) groups is 1. The molecule has 138 valence electrons. The number of H-pyrrole nitrogens is 1. The lowest BCUT2D eigenvalue weighted by molar-refractivity contribution is 0.372. The minimum absolute atomic E-state index is 0.0846. The summed E-state index contributed by atoms with van der Waals surface area (Å²) in [7, 11) is 0. The van der Waals surface area contributed by atoms with Crippen molar-refractivity contribution in [3.05, 3.63) is 59.2 Å². The van der Waals surface area contributed by atoms with Crippen LogP contribution in [0.2, 0.25) is 0 Å². The summed E-state index contributed by atoms with van der Waals surface area (Å²) < 4.78 is 72.3. The first kappa shape index (κ1) is 17.5. The van der Waals surface area contributed by atoms with Crippen molar-refractivity contribution in [3.8, 4) is 11.5 Å². The Morgan fingerprint density at radius 1 is 0.926 bits per heavy atom. The Morgan fingerprint density at radius 2 is 1.63 bits per heavy atom. The van der Waals surface area contributed by atoms with Gasteiger partial charge in [0.15, 0.2) is 23.3 Å². The third kappa shape index (κ3) is 3.03. The first-order valence-electron chi connectivity index (χ1n) is 7.36. The van der Waals surface area contributed by atoms with E-state index in [1.807, 2.05) is 0 Å². The van der Waals surface area contributed by atoms with Gasteiger partial charge < -0.3 is 9.40 Å². The van der Waals surface area contributed by atoms with Crippen molar-refractivity contribution >= 4 is 22.8 Å². The fourth-order valence-corrected chi connectivity index (χ4v) is 3.12. The molecule has 0 aliphatic heterocycles. The van der Waals surface area contributed by atoms with Crippen LogP contribution in [0, 0.1) is 29.1 Å². The second-order valence-corrected chi connectivity index (χ2v) is 6.27. The Labute approximate surface area is 151 Å². The number of halogens is 5. The zero-order chi connectivity index (χ0) is 19.1. The molecule has 4 rings (SSSR count). The van der Waals surface area contributed by atoms with Crippen LogP contribution >= 0.6 is 11.8 Å². The molecule has 0 aliphatic rings. The van der Waals surface area contributed by atoms with Crippen LogP contribution in [0.5, 0.6) is 0 Å². The van der Waals surface area contributed by atoms with Crippen LogP contribution in [0.4, 0.5) is 22.0 Å². The summed E-state index contributed by atoms with van der Waals surface area (Å²) in [6.07, 6.45) is 1.52. The van der Waals surface area contributed by atoms with Gasteiger partial charge in [0.1, 0.15) is 0 Å². The van der Waals surface area contributed by atoms with E-state index in [2.05, 4.69) is 20.2 Å². The van der Waals surface area contributed by atoms with Gasteiger partial charge in [-0.05, 0) is 18.2 Å². The Kier molecular flexibility index (Phi) is 4.30. The van der Waals surface area contributed by atoms with Gasteiger partial charge in [0.25, 0.3) is 5.22 Å². The molecule has 2 aromatic carbocycles. The van der Waals surface area contributed by atoms with Crippen LogP contribution in [0.3, 0.4) is 0 Å². The fraction of sp³-hybridized carbons (Fsp3) is 0.0625. The summed E-state index contributed by atoms with van der Waals surface area (Å²) in [5.41, 5.74) is 1.08. The van der Waals surface area contributed by atoms with Gasteiger partial charge in [-0.25, -0.2) is 26.9 Å². The van der Waals surface area contributed by atoms with Gasteiger partial charge in [0.2, 0.25) is 11.7 Å². The summed E-state index contributed by atoms with van der Waals surface area (Å²) >= 11 is 0.650. The number of nitrogens with zero attached hydrogens (tertiary/aromatic N) is 3. The van der Waals surface area contributed by atoms with Gasteiger partial charge in [0.05, 0.1) is 17.4 Å². The molecule has 0 aliphatic carbocycles. The van der Waals surface area contributed by atoms with E-state index >= 15 is 0 Å².